The Bertz CT molecular complexity index is 4200. The van der Waals surface area contributed by atoms with Crippen molar-refractivity contribution in [1.29, 1.82) is 0 Å². The molecule has 14 rings (SSSR count). The van der Waals surface area contributed by atoms with E-state index in [1.54, 1.807) is 0 Å². The van der Waals surface area contributed by atoms with Gasteiger partial charge in [-0.15, -0.1) is 0 Å². The molecule has 0 fully saturated rings. The van der Waals surface area contributed by atoms with Gasteiger partial charge < -0.3 is 9.13 Å². The highest BCUT2D eigenvalue weighted by Gasteiger charge is 2.24. The fourth-order valence-electron chi connectivity index (χ4n) is 10.8. The zero-order valence-corrected chi connectivity index (χ0v) is 36.3. The van der Waals surface area contributed by atoms with Crippen LogP contribution in [0.25, 0.3) is 127 Å². The number of fused-ring (bicyclic) bond motifs is 11. The second-order valence-corrected chi connectivity index (χ2v) is 17.3. The summed E-state index contributed by atoms with van der Waals surface area (Å²) in [5.41, 5.74) is 16.6. The van der Waals surface area contributed by atoms with Gasteiger partial charge in [-0.1, -0.05) is 170 Å². The van der Waals surface area contributed by atoms with E-state index in [2.05, 4.69) is 244 Å². The van der Waals surface area contributed by atoms with Gasteiger partial charge in [-0.3, -0.25) is 4.57 Å². The van der Waals surface area contributed by atoms with E-state index in [9.17, 15) is 0 Å². The molecule has 0 saturated heterocycles. The van der Waals surface area contributed by atoms with E-state index in [1.807, 2.05) is 6.07 Å². The van der Waals surface area contributed by atoms with Crippen LogP contribution in [0.2, 0.25) is 0 Å². The van der Waals surface area contributed by atoms with Crippen LogP contribution >= 0.6 is 0 Å². The smallest absolute Gasteiger partial charge is 0.235 e. The van der Waals surface area contributed by atoms with E-state index >= 15 is 0 Å². The van der Waals surface area contributed by atoms with Crippen LogP contribution in [0, 0.1) is 0 Å². The highest BCUT2D eigenvalue weighted by molar-refractivity contribution is 6.29. The maximum Gasteiger partial charge on any atom is 0.235 e. The molecule has 312 valence electrons. The first-order chi connectivity index (χ1) is 33.3. The van der Waals surface area contributed by atoms with Gasteiger partial charge in [0.1, 0.15) is 0 Å². The lowest BCUT2D eigenvalue weighted by Gasteiger charge is -2.14. The predicted octanol–water partition coefficient (Wildman–Crippen LogP) is 15.9. The Labute approximate surface area is 385 Å². The molecule has 0 aliphatic rings. The van der Waals surface area contributed by atoms with Gasteiger partial charge in [0, 0.05) is 49.0 Å². The predicted molar refractivity (Wildman–Crippen MR) is 279 cm³/mol. The van der Waals surface area contributed by atoms with E-state index in [0.717, 1.165) is 66.4 Å². The molecule has 0 amide bonds. The van der Waals surface area contributed by atoms with Gasteiger partial charge in [-0.05, 0) is 89.0 Å². The van der Waals surface area contributed by atoms with Crippen molar-refractivity contribution in [3.8, 4) is 50.8 Å². The first-order valence-corrected chi connectivity index (χ1v) is 22.8. The number of para-hydroxylation sites is 4. The Morgan fingerprint density at radius 1 is 0.269 bits per heavy atom. The number of rotatable bonds is 6. The highest BCUT2D eigenvalue weighted by atomic mass is 15.2. The average Bonchev–Trinajstić information content (AvgIpc) is 4.05. The minimum absolute atomic E-state index is 0.643. The summed E-state index contributed by atoms with van der Waals surface area (Å²) in [7, 11) is 0. The summed E-state index contributed by atoms with van der Waals surface area (Å²) in [5, 5.41) is 8.21. The number of benzene rings is 10. The van der Waals surface area contributed by atoms with E-state index in [4.69, 9.17) is 9.97 Å². The van der Waals surface area contributed by atoms with Gasteiger partial charge >= 0.3 is 0 Å². The van der Waals surface area contributed by atoms with Crippen molar-refractivity contribution in [1.82, 2.24) is 23.7 Å². The van der Waals surface area contributed by atoms with E-state index in [0.29, 0.717) is 5.95 Å². The monoisotopic (exact) mass is 853 g/mol. The minimum Gasteiger partial charge on any atom is -0.309 e. The molecule has 0 N–H and O–H groups in total. The number of nitrogens with zero attached hydrogens (tertiary/aromatic N) is 5. The first-order valence-electron chi connectivity index (χ1n) is 22.8. The van der Waals surface area contributed by atoms with Gasteiger partial charge in [0.05, 0.1) is 50.0 Å². The van der Waals surface area contributed by atoms with Crippen molar-refractivity contribution >= 4 is 76.3 Å². The number of aromatic nitrogens is 5. The van der Waals surface area contributed by atoms with Crippen molar-refractivity contribution in [2.24, 2.45) is 0 Å². The van der Waals surface area contributed by atoms with Crippen LogP contribution in [0.15, 0.2) is 237 Å². The topological polar surface area (TPSA) is 40.6 Å². The Morgan fingerprint density at radius 2 is 0.716 bits per heavy atom. The van der Waals surface area contributed by atoms with Gasteiger partial charge in [-0.2, -0.15) is 0 Å². The standard InChI is InChI=1S/C62H39N5/c1-4-19-40(20-5-1)43-37-44(41-21-6-2-7-22-41)39-45(38-43)65-51-30-15-12-27-48(51)59-56(65)35-36-57-60(59)49-28-13-16-31-52(49)66(57)54-33-18-34-55-58(54)47-26-11-17-32-53(47)67(55)62-63-50-29-14-10-25-46(50)61(64-62)42-23-8-3-9-24-42/h1-39H. The lowest BCUT2D eigenvalue weighted by molar-refractivity contribution is 1.01. The molecule has 4 aromatic heterocycles. The van der Waals surface area contributed by atoms with Crippen molar-refractivity contribution in [2.45, 2.75) is 0 Å². The fourth-order valence-corrected chi connectivity index (χ4v) is 10.8. The molecule has 0 unspecified atom stereocenters. The van der Waals surface area contributed by atoms with Crippen LogP contribution in [0.5, 0.6) is 0 Å². The van der Waals surface area contributed by atoms with Crippen LogP contribution in [0.3, 0.4) is 0 Å². The third-order valence-corrected chi connectivity index (χ3v) is 13.6. The third-order valence-electron chi connectivity index (χ3n) is 13.6. The molecule has 0 atom stereocenters. The van der Waals surface area contributed by atoms with E-state index in [-0.39, 0.29) is 0 Å². The molecule has 0 radical (unpaired) electrons. The van der Waals surface area contributed by atoms with Crippen molar-refractivity contribution in [3.05, 3.63) is 237 Å². The maximum atomic E-state index is 5.38. The molecule has 5 nitrogen and oxygen atoms in total. The molecule has 0 saturated carbocycles. The summed E-state index contributed by atoms with van der Waals surface area (Å²) in [4.78, 5) is 10.7. The Kier molecular flexibility index (Phi) is 8.21. The maximum absolute atomic E-state index is 5.38. The van der Waals surface area contributed by atoms with Crippen molar-refractivity contribution in [3.63, 3.8) is 0 Å². The SMILES string of the molecule is c1ccc(-c2cc(-c3ccccc3)cc(-n3c4ccccc4c4c5c6ccccc6n(-c6cccc7c6c6ccccc6n7-c6nc(-c7ccccc7)c7ccccc7n6)c5ccc43)c2)cc1. The zero-order chi connectivity index (χ0) is 44.0. The van der Waals surface area contributed by atoms with Crippen molar-refractivity contribution in [2.75, 3.05) is 0 Å². The first kappa shape index (κ1) is 37.3. The van der Waals surface area contributed by atoms with Crippen LogP contribution < -0.4 is 0 Å². The second kappa shape index (κ2) is 14.7. The van der Waals surface area contributed by atoms with Gasteiger partial charge in [0.15, 0.2) is 0 Å². The summed E-state index contributed by atoms with van der Waals surface area (Å²) in [6, 6.07) is 85.1. The molecule has 5 heteroatoms. The summed E-state index contributed by atoms with van der Waals surface area (Å²) in [6.07, 6.45) is 0. The molecule has 10 aromatic carbocycles. The van der Waals surface area contributed by atoms with Gasteiger partial charge in [-0.25, -0.2) is 9.97 Å². The fraction of sp³-hybridized carbons (Fsp3) is 0. The lowest BCUT2D eigenvalue weighted by atomic mass is 9.98. The minimum atomic E-state index is 0.643. The summed E-state index contributed by atoms with van der Waals surface area (Å²) in [5.74, 6) is 0.643. The lowest BCUT2D eigenvalue weighted by Crippen LogP contribution is -2.03. The molecule has 0 bridgehead atoms. The Morgan fingerprint density at radius 3 is 1.33 bits per heavy atom. The molecular formula is C62H39N5. The molecule has 4 heterocycles. The largest absolute Gasteiger partial charge is 0.309 e. The van der Waals surface area contributed by atoms with Gasteiger partial charge in [0.2, 0.25) is 5.95 Å². The molecular weight excluding hydrogens is 815 g/mol. The molecule has 0 spiro atoms. The Hall–Kier alpha value is -9.06. The molecule has 67 heavy (non-hydrogen) atoms. The van der Waals surface area contributed by atoms with Crippen LogP contribution in [0.1, 0.15) is 0 Å². The summed E-state index contributed by atoms with van der Waals surface area (Å²) in [6.45, 7) is 0. The molecule has 0 aliphatic carbocycles. The molecule has 0 aliphatic heterocycles. The molecule has 14 aromatic rings. The van der Waals surface area contributed by atoms with E-state index in [1.165, 1.54) is 54.8 Å². The quantitative estimate of drug-likeness (QED) is 0.167. The number of hydrogen-bond donors (Lipinski definition) is 0. The summed E-state index contributed by atoms with van der Waals surface area (Å²) >= 11 is 0. The summed E-state index contributed by atoms with van der Waals surface area (Å²) < 4.78 is 7.20. The van der Waals surface area contributed by atoms with Gasteiger partial charge in [0.25, 0.3) is 0 Å². The second-order valence-electron chi connectivity index (χ2n) is 17.3. The Balaban J connectivity index is 1.05. The van der Waals surface area contributed by atoms with Crippen LogP contribution in [0.4, 0.5) is 0 Å². The van der Waals surface area contributed by atoms with Crippen LogP contribution in [-0.2, 0) is 0 Å². The van der Waals surface area contributed by atoms with Crippen LogP contribution in [-0.4, -0.2) is 23.7 Å². The zero-order valence-electron chi connectivity index (χ0n) is 36.3. The number of hydrogen-bond acceptors (Lipinski definition) is 2. The third kappa shape index (κ3) is 5.68. The average molecular weight is 854 g/mol. The van der Waals surface area contributed by atoms with Crippen molar-refractivity contribution < 1.29 is 0 Å². The highest BCUT2D eigenvalue weighted by Crippen LogP contribution is 2.45. The van der Waals surface area contributed by atoms with E-state index < -0.39 is 0 Å². The normalized spacial score (nSPS) is 11.9.